The Morgan fingerprint density at radius 2 is 2.13 bits per heavy atom. The van der Waals surface area contributed by atoms with Gasteiger partial charge >= 0.3 is 0 Å². The fraction of sp³-hybridized carbons (Fsp3) is 0.778. The number of likely N-dealkylation sites (tertiary alicyclic amines) is 1. The molecule has 0 unspecified atom stereocenters. The van der Waals surface area contributed by atoms with E-state index in [9.17, 15) is 0 Å². The van der Waals surface area contributed by atoms with Gasteiger partial charge in [0.2, 0.25) is 0 Å². The Balaban J connectivity index is 1.31. The highest BCUT2D eigenvalue weighted by Crippen LogP contribution is 2.47. The van der Waals surface area contributed by atoms with Crippen molar-refractivity contribution in [3.63, 3.8) is 0 Å². The maximum absolute atomic E-state index is 5.60. The van der Waals surface area contributed by atoms with Crippen LogP contribution in [-0.2, 0) is 4.74 Å². The van der Waals surface area contributed by atoms with Gasteiger partial charge in [-0.05, 0) is 49.5 Å². The zero-order valence-corrected chi connectivity index (χ0v) is 13.7. The average molecular weight is 314 g/mol. The molecular formula is C18H26N4O. The molecule has 0 aromatic carbocycles. The number of aromatic amines is 1. The third-order valence-corrected chi connectivity index (χ3v) is 5.89. The van der Waals surface area contributed by atoms with E-state index in [-0.39, 0.29) is 0 Å². The van der Waals surface area contributed by atoms with Crippen molar-refractivity contribution in [3.8, 4) is 0 Å². The first-order valence-corrected chi connectivity index (χ1v) is 9.27. The molecule has 1 saturated heterocycles. The molecule has 5 rings (SSSR count). The maximum atomic E-state index is 5.60. The van der Waals surface area contributed by atoms with Gasteiger partial charge < -0.3 is 4.74 Å². The fourth-order valence-electron chi connectivity index (χ4n) is 4.32. The van der Waals surface area contributed by atoms with Gasteiger partial charge in [-0.3, -0.25) is 10.00 Å². The van der Waals surface area contributed by atoms with Crippen LogP contribution in [0.2, 0.25) is 0 Å². The van der Waals surface area contributed by atoms with Crippen LogP contribution in [0.4, 0.5) is 0 Å². The zero-order chi connectivity index (χ0) is 15.2. The van der Waals surface area contributed by atoms with Crippen molar-refractivity contribution in [1.82, 2.24) is 20.1 Å². The van der Waals surface area contributed by atoms with Crippen LogP contribution in [0.1, 0.15) is 55.6 Å². The van der Waals surface area contributed by atoms with E-state index in [1.807, 2.05) is 0 Å². The first kappa shape index (κ1) is 14.2. The van der Waals surface area contributed by atoms with Crippen LogP contribution in [0.15, 0.2) is 11.6 Å². The minimum atomic E-state index is 0.549. The number of rotatable bonds is 5. The molecule has 2 aliphatic carbocycles. The quantitative estimate of drug-likeness (QED) is 0.848. The summed E-state index contributed by atoms with van der Waals surface area (Å²) in [7, 11) is 0. The number of nitrogens with zero attached hydrogens (tertiary/aromatic N) is 3. The highest BCUT2D eigenvalue weighted by molar-refractivity contribution is 5.14. The van der Waals surface area contributed by atoms with Crippen LogP contribution in [0.25, 0.3) is 0 Å². The minimum Gasteiger partial charge on any atom is -0.377 e. The molecule has 2 aliphatic heterocycles. The predicted molar refractivity (Wildman–Crippen MR) is 87.3 cm³/mol. The van der Waals surface area contributed by atoms with Gasteiger partial charge in [-0.2, -0.15) is 5.10 Å². The molecule has 4 aliphatic rings. The summed E-state index contributed by atoms with van der Waals surface area (Å²) in [5.74, 6) is 5.08. The van der Waals surface area contributed by atoms with Crippen LogP contribution in [0.3, 0.4) is 0 Å². The molecular weight excluding hydrogens is 288 g/mol. The normalized spacial score (nSPS) is 32.3. The Labute approximate surface area is 137 Å². The summed E-state index contributed by atoms with van der Waals surface area (Å²) in [6.45, 7) is 5.12. The van der Waals surface area contributed by atoms with Gasteiger partial charge in [0, 0.05) is 31.5 Å². The van der Waals surface area contributed by atoms with E-state index in [1.54, 1.807) is 0 Å². The van der Waals surface area contributed by atoms with E-state index in [0.29, 0.717) is 11.8 Å². The van der Waals surface area contributed by atoms with Gasteiger partial charge in [-0.1, -0.05) is 6.08 Å². The zero-order valence-electron chi connectivity index (χ0n) is 13.7. The molecule has 3 fully saturated rings. The summed E-state index contributed by atoms with van der Waals surface area (Å²) in [5.41, 5.74) is 1.46. The van der Waals surface area contributed by atoms with Crippen molar-refractivity contribution in [1.29, 1.82) is 0 Å². The molecule has 2 saturated carbocycles. The van der Waals surface area contributed by atoms with Gasteiger partial charge in [-0.25, -0.2) is 4.98 Å². The highest BCUT2D eigenvalue weighted by atomic mass is 16.5. The second-order valence-corrected chi connectivity index (χ2v) is 7.86. The van der Waals surface area contributed by atoms with Crippen LogP contribution in [0.5, 0.6) is 0 Å². The topological polar surface area (TPSA) is 54.0 Å². The standard InChI is InChI=1S/C18H26N4O/c1-2-12(11-23-7-1)8-22-9-15(13-3-4-13)16(10-22)18-19-17(20-21-18)14-5-6-14/h2,13-16H,1,3-11H2,(H,19,20,21)/t15-,16+/m1/s1. The van der Waals surface area contributed by atoms with E-state index in [1.165, 1.54) is 37.8 Å². The second-order valence-electron chi connectivity index (χ2n) is 7.86. The predicted octanol–water partition coefficient (Wildman–Crippen LogP) is 2.45. The molecule has 124 valence electrons. The number of hydrogen-bond acceptors (Lipinski definition) is 4. The van der Waals surface area contributed by atoms with Gasteiger partial charge in [0.1, 0.15) is 5.82 Å². The molecule has 23 heavy (non-hydrogen) atoms. The molecule has 5 nitrogen and oxygen atoms in total. The lowest BCUT2D eigenvalue weighted by Crippen LogP contribution is -2.26. The van der Waals surface area contributed by atoms with Crippen LogP contribution in [-0.4, -0.2) is 52.9 Å². The van der Waals surface area contributed by atoms with E-state index < -0.39 is 0 Å². The molecule has 1 aromatic heterocycles. The molecule has 0 radical (unpaired) electrons. The Morgan fingerprint density at radius 1 is 1.22 bits per heavy atom. The fourth-order valence-corrected chi connectivity index (χ4v) is 4.32. The molecule has 0 spiro atoms. The van der Waals surface area contributed by atoms with Crippen LogP contribution >= 0.6 is 0 Å². The van der Waals surface area contributed by atoms with Crippen LogP contribution < -0.4 is 0 Å². The third-order valence-electron chi connectivity index (χ3n) is 5.89. The van der Waals surface area contributed by atoms with Crippen molar-refractivity contribution in [2.24, 2.45) is 11.8 Å². The monoisotopic (exact) mass is 314 g/mol. The van der Waals surface area contributed by atoms with Gasteiger partial charge in [0.15, 0.2) is 5.82 Å². The summed E-state index contributed by atoms with van der Waals surface area (Å²) < 4.78 is 5.60. The Bertz CT molecular complexity index is 602. The summed E-state index contributed by atoms with van der Waals surface area (Å²) in [6.07, 6.45) is 8.81. The summed E-state index contributed by atoms with van der Waals surface area (Å²) in [6, 6.07) is 0. The molecule has 1 N–H and O–H groups in total. The van der Waals surface area contributed by atoms with E-state index >= 15 is 0 Å². The Morgan fingerprint density at radius 3 is 2.87 bits per heavy atom. The first-order valence-electron chi connectivity index (χ1n) is 9.27. The number of aromatic nitrogens is 3. The number of hydrogen-bond donors (Lipinski definition) is 1. The first-order chi connectivity index (χ1) is 11.4. The molecule has 0 amide bonds. The van der Waals surface area contributed by atoms with Crippen molar-refractivity contribution in [2.75, 3.05) is 32.8 Å². The summed E-state index contributed by atoms with van der Waals surface area (Å²) >= 11 is 0. The van der Waals surface area contributed by atoms with Crippen molar-refractivity contribution >= 4 is 0 Å². The molecule has 0 bridgehead atoms. The number of H-pyrrole nitrogens is 1. The van der Waals surface area contributed by atoms with Gasteiger partial charge in [0.25, 0.3) is 0 Å². The maximum Gasteiger partial charge on any atom is 0.153 e. The van der Waals surface area contributed by atoms with Gasteiger partial charge in [0.05, 0.1) is 13.2 Å². The second kappa shape index (κ2) is 5.71. The molecule has 3 heterocycles. The smallest absolute Gasteiger partial charge is 0.153 e. The summed E-state index contributed by atoms with van der Waals surface area (Å²) in [4.78, 5) is 7.48. The lowest BCUT2D eigenvalue weighted by molar-refractivity contribution is 0.143. The molecule has 1 aromatic rings. The lowest BCUT2D eigenvalue weighted by atomic mass is 9.91. The van der Waals surface area contributed by atoms with Crippen LogP contribution in [0, 0.1) is 11.8 Å². The third kappa shape index (κ3) is 2.96. The van der Waals surface area contributed by atoms with Gasteiger partial charge in [-0.15, -0.1) is 0 Å². The van der Waals surface area contributed by atoms with E-state index in [4.69, 9.17) is 9.72 Å². The number of nitrogens with one attached hydrogen (secondary N) is 1. The lowest BCUT2D eigenvalue weighted by Gasteiger charge is -2.20. The Hall–Kier alpha value is -1.20. The highest BCUT2D eigenvalue weighted by Gasteiger charge is 2.44. The average Bonchev–Trinajstić information content (AvgIpc) is 3.51. The van der Waals surface area contributed by atoms with Crippen molar-refractivity contribution in [2.45, 2.75) is 43.9 Å². The van der Waals surface area contributed by atoms with Crippen molar-refractivity contribution in [3.05, 3.63) is 23.3 Å². The van der Waals surface area contributed by atoms with E-state index in [0.717, 1.165) is 56.2 Å². The van der Waals surface area contributed by atoms with Crippen molar-refractivity contribution < 1.29 is 4.74 Å². The minimum absolute atomic E-state index is 0.549. The number of ether oxygens (including phenoxy) is 1. The Kier molecular flexibility index (Phi) is 3.52. The largest absolute Gasteiger partial charge is 0.377 e. The SMILES string of the molecule is C1=C(CN2C[C@H](c3nc(C4CC4)n[nH]3)[C@@H](C3CC3)C2)COCC1. The molecule has 2 atom stereocenters. The molecule has 5 heteroatoms. The summed E-state index contributed by atoms with van der Waals surface area (Å²) in [5, 5.41) is 7.77. The van der Waals surface area contributed by atoms with E-state index in [2.05, 4.69) is 21.2 Å².